The maximum atomic E-state index is 10.5. The molecule has 2 bridgehead atoms. The minimum absolute atomic E-state index is 0.102. The van der Waals surface area contributed by atoms with Crippen LogP contribution in [0.3, 0.4) is 0 Å². The van der Waals surface area contributed by atoms with E-state index in [9.17, 15) is 10.2 Å². The summed E-state index contributed by atoms with van der Waals surface area (Å²) in [6, 6.07) is 0. The third-order valence-corrected chi connectivity index (χ3v) is 6.79. The summed E-state index contributed by atoms with van der Waals surface area (Å²) in [5, 5.41) is 20.5. The number of aliphatic hydroxyl groups excluding tert-OH is 2. The summed E-state index contributed by atoms with van der Waals surface area (Å²) in [6.07, 6.45) is 2.74. The van der Waals surface area contributed by atoms with Crippen LogP contribution in [0.2, 0.25) is 0 Å². The molecule has 1 aliphatic heterocycles. The van der Waals surface area contributed by atoms with E-state index in [0.29, 0.717) is 12.5 Å². The number of rotatable bonds is 1. The molecule has 0 aromatic rings. The van der Waals surface area contributed by atoms with E-state index in [4.69, 9.17) is 4.74 Å². The van der Waals surface area contributed by atoms with Crippen molar-refractivity contribution in [3.05, 3.63) is 11.1 Å². The van der Waals surface area contributed by atoms with Gasteiger partial charge in [0.05, 0.1) is 6.61 Å². The minimum Gasteiger partial charge on any atom is -0.396 e. The molecule has 0 amide bonds. The lowest BCUT2D eigenvalue weighted by Crippen LogP contribution is -2.62. The molecule has 0 saturated carbocycles. The summed E-state index contributed by atoms with van der Waals surface area (Å²) in [6.45, 7) is 9.58. The molecule has 0 aromatic carbocycles. The van der Waals surface area contributed by atoms with Crippen LogP contribution in [0.5, 0.6) is 0 Å². The lowest BCUT2D eigenvalue weighted by atomic mass is 9.46. The molecule has 3 heteroatoms. The predicted molar refractivity (Wildman–Crippen MR) is 78.0 cm³/mol. The molecule has 2 N–H and O–H groups in total. The monoisotopic (exact) mass is 280 g/mol. The van der Waals surface area contributed by atoms with Crippen molar-refractivity contribution in [1.29, 1.82) is 0 Å². The first-order valence-corrected chi connectivity index (χ1v) is 7.97. The molecule has 3 rings (SSSR count). The van der Waals surface area contributed by atoms with E-state index in [2.05, 4.69) is 27.7 Å². The third-order valence-electron chi connectivity index (χ3n) is 6.79. The average molecular weight is 280 g/mol. The Morgan fingerprint density at radius 3 is 2.65 bits per heavy atom. The maximum Gasteiger partial charge on any atom is 0.161 e. The van der Waals surface area contributed by atoms with Crippen molar-refractivity contribution in [2.75, 3.05) is 13.2 Å². The summed E-state index contributed by atoms with van der Waals surface area (Å²) in [5.74, 6) is 1.12. The fourth-order valence-corrected chi connectivity index (χ4v) is 5.08. The maximum absolute atomic E-state index is 10.5. The van der Waals surface area contributed by atoms with Crippen molar-refractivity contribution in [1.82, 2.24) is 0 Å². The lowest BCUT2D eigenvalue weighted by molar-refractivity contribution is -0.275. The van der Waals surface area contributed by atoms with Crippen LogP contribution in [0.1, 0.15) is 47.0 Å². The van der Waals surface area contributed by atoms with Crippen molar-refractivity contribution in [2.24, 2.45) is 28.6 Å². The van der Waals surface area contributed by atoms with Crippen molar-refractivity contribution in [3.63, 3.8) is 0 Å². The highest BCUT2D eigenvalue weighted by molar-refractivity contribution is 5.35. The molecule has 0 spiro atoms. The Morgan fingerprint density at radius 1 is 1.30 bits per heavy atom. The van der Waals surface area contributed by atoms with E-state index in [1.807, 2.05) is 0 Å². The van der Waals surface area contributed by atoms with Crippen LogP contribution < -0.4 is 0 Å². The van der Waals surface area contributed by atoms with Crippen molar-refractivity contribution >= 4 is 0 Å². The zero-order valence-electron chi connectivity index (χ0n) is 13.1. The summed E-state index contributed by atoms with van der Waals surface area (Å²) in [4.78, 5) is 0. The second-order valence-corrected chi connectivity index (χ2v) is 7.84. The summed E-state index contributed by atoms with van der Waals surface area (Å²) in [5.41, 5.74) is 2.54. The molecule has 0 radical (unpaired) electrons. The van der Waals surface area contributed by atoms with E-state index >= 15 is 0 Å². The Labute approximate surface area is 122 Å². The number of hydrogen-bond donors (Lipinski definition) is 2. The molecule has 1 heterocycles. The first-order chi connectivity index (χ1) is 9.34. The van der Waals surface area contributed by atoms with Gasteiger partial charge in [0.2, 0.25) is 0 Å². The van der Waals surface area contributed by atoms with Crippen LogP contribution in [-0.2, 0) is 4.74 Å². The van der Waals surface area contributed by atoms with E-state index in [-0.39, 0.29) is 17.9 Å². The Morgan fingerprint density at radius 2 is 2.00 bits per heavy atom. The van der Waals surface area contributed by atoms with E-state index in [1.54, 1.807) is 0 Å². The first-order valence-electron chi connectivity index (χ1n) is 7.97. The standard InChI is InChI=1S/C17H28O3/c1-10-5-6-13-11(7-10)12-9-20-15(19)17(4,14(12)8-18)16(13,2)3/h10,12,14-15,18-19H,5-9H2,1-4H3/t10-,12+,14+,15?,17-/m1/s1. The molecule has 1 unspecified atom stereocenters. The molecule has 3 nitrogen and oxygen atoms in total. The van der Waals surface area contributed by atoms with Crippen LogP contribution in [-0.4, -0.2) is 29.7 Å². The highest BCUT2D eigenvalue weighted by atomic mass is 16.6. The molecule has 0 aromatic heterocycles. The van der Waals surface area contributed by atoms with Crippen LogP contribution in [0, 0.1) is 28.6 Å². The second kappa shape index (κ2) is 4.56. The number of ether oxygens (including phenoxy) is 1. The zero-order chi connectivity index (χ0) is 14.7. The van der Waals surface area contributed by atoms with Crippen molar-refractivity contribution < 1.29 is 14.9 Å². The summed E-state index contributed by atoms with van der Waals surface area (Å²) < 4.78 is 5.71. The Balaban J connectivity index is 2.17. The highest BCUT2D eigenvalue weighted by Crippen LogP contribution is 2.64. The number of hydrogen-bond acceptors (Lipinski definition) is 3. The number of allylic oxidation sites excluding steroid dienone is 1. The van der Waals surface area contributed by atoms with Gasteiger partial charge in [-0.3, -0.25) is 0 Å². The average Bonchev–Trinajstić information content (AvgIpc) is 2.40. The number of aliphatic hydroxyl groups is 2. The van der Waals surface area contributed by atoms with Crippen LogP contribution in [0.25, 0.3) is 0 Å². The van der Waals surface area contributed by atoms with Gasteiger partial charge in [-0.1, -0.05) is 38.8 Å². The van der Waals surface area contributed by atoms with E-state index < -0.39 is 11.7 Å². The second-order valence-electron chi connectivity index (χ2n) is 7.84. The molecular weight excluding hydrogens is 252 g/mol. The molecule has 3 aliphatic rings. The summed E-state index contributed by atoms with van der Waals surface area (Å²) >= 11 is 0. The van der Waals surface area contributed by atoms with Gasteiger partial charge in [0, 0.05) is 23.9 Å². The third kappa shape index (κ3) is 1.63. The molecule has 20 heavy (non-hydrogen) atoms. The molecule has 1 fully saturated rings. The molecular formula is C17H28O3. The van der Waals surface area contributed by atoms with Gasteiger partial charge in [0.1, 0.15) is 0 Å². The molecule has 114 valence electrons. The summed E-state index contributed by atoms with van der Waals surface area (Å²) in [7, 11) is 0. The minimum atomic E-state index is -0.778. The van der Waals surface area contributed by atoms with E-state index in [0.717, 1.165) is 18.8 Å². The van der Waals surface area contributed by atoms with Gasteiger partial charge in [-0.15, -0.1) is 0 Å². The molecule has 2 aliphatic carbocycles. The van der Waals surface area contributed by atoms with Gasteiger partial charge in [0.15, 0.2) is 6.29 Å². The SMILES string of the molecule is C[C@@H]1CCC2=C(C1)[C@@H]1COC(O)[C@@](C)([C@H]1CO)C2(C)C. The predicted octanol–water partition coefficient (Wildman–Crippen LogP) is 2.72. The van der Waals surface area contributed by atoms with Gasteiger partial charge >= 0.3 is 0 Å². The normalized spacial score (nSPS) is 47.1. The Hall–Kier alpha value is -0.380. The van der Waals surface area contributed by atoms with Crippen molar-refractivity contribution in [3.8, 4) is 0 Å². The first kappa shape index (κ1) is 14.6. The van der Waals surface area contributed by atoms with Gasteiger partial charge in [0.25, 0.3) is 0 Å². The van der Waals surface area contributed by atoms with Gasteiger partial charge in [-0.2, -0.15) is 0 Å². The smallest absolute Gasteiger partial charge is 0.161 e. The topological polar surface area (TPSA) is 49.7 Å². The Bertz CT molecular complexity index is 440. The fraction of sp³-hybridized carbons (Fsp3) is 0.882. The molecule has 5 atom stereocenters. The van der Waals surface area contributed by atoms with Crippen LogP contribution in [0.4, 0.5) is 0 Å². The van der Waals surface area contributed by atoms with Crippen LogP contribution in [0.15, 0.2) is 11.1 Å². The van der Waals surface area contributed by atoms with Crippen molar-refractivity contribution in [2.45, 2.75) is 53.2 Å². The lowest BCUT2D eigenvalue weighted by Gasteiger charge is -2.62. The van der Waals surface area contributed by atoms with Gasteiger partial charge in [-0.25, -0.2) is 0 Å². The number of fused-ring (bicyclic) bond motifs is 3. The largest absolute Gasteiger partial charge is 0.396 e. The quantitative estimate of drug-likeness (QED) is 0.726. The Kier molecular flexibility index (Phi) is 3.32. The van der Waals surface area contributed by atoms with E-state index in [1.165, 1.54) is 17.6 Å². The van der Waals surface area contributed by atoms with Crippen LogP contribution >= 0.6 is 0 Å². The molecule has 1 saturated heterocycles. The zero-order valence-corrected chi connectivity index (χ0v) is 13.1. The van der Waals surface area contributed by atoms with Gasteiger partial charge in [-0.05, 0) is 30.6 Å². The van der Waals surface area contributed by atoms with Gasteiger partial charge < -0.3 is 14.9 Å². The fourth-order valence-electron chi connectivity index (χ4n) is 5.08. The highest BCUT2D eigenvalue weighted by Gasteiger charge is 2.62.